The fraction of sp³-hybridized carbons (Fsp3) is 0.429. The highest BCUT2D eigenvalue weighted by atomic mass is 16.2. The number of anilines is 1. The van der Waals surface area contributed by atoms with Gasteiger partial charge in [0.1, 0.15) is 0 Å². The lowest BCUT2D eigenvalue weighted by Crippen LogP contribution is -2.47. The van der Waals surface area contributed by atoms with E-state index in [-0.39, 0.29) is 11.8 Å². The van der Waals surface area contributed by atoms with Crippen molar-refractivity contribution in [2.45, 2.75) is 25.8 Å². The van der Waals surface area contributed by atoms with E-state index in [4.69, 9.17) is 5.26 Å². The van der Waals surface area contributed by atoms with Crippen LogP contribution in [-0.2, 0) is 13.0 Å². The number of imidazole rings is 1. The summed E-state index contributed by atoms with van der Waals surface area (Å²) in [5.74, 6) is -0.0878. The van der Waals surface area contributed by atoms with Crippen LogP contribution in [0.15, 0.2) is 24.3 Å². The van der Waals surface area contributed by atoms with E-state index in [9.17, 15) is 9.59 Å². The number of aromatic nitrogens is 2. The van der Waals surface area contributed by atoms with E-state index in [0.29, 0.717) is 42.4 Å². The number of nitriles is 1. The summed E-state index contributed by atoms with van der Waals surface area (Å²) in [6, 6.07) is 8.82. The van der Waals surface area contributed by atoms with Crippen LogP contribution in [0.1, 0.15) is 45.2 Å². The fourth-order valence-corrected chi connectivity index (χ4v) is 3.90. The van der Waals surface area contributed by atoms with Crippen LogP contribution in [0, 0.1) is 11.3 Å². The van der Waals surface area contributed by atoms with Crippen LogP contribution in [0.25, 0.3) is 0 Å². The standard InChI is InChI=1S/C21H24N6O2/c1-25-9-11-26(12-10-25)21(29)19-24-18(17-7-2-3-8-27(17)19)20(28)23-16-6-4-5-15(13-16)14-22/h4-6,13H,2-3,7-12H2,1H3,(H,23,28). The number of nitrogens with one attached hydrogen (secondary N) is 1. The zero-order valence-corrected chi connectivity index (χ0v) is 16.5. The van der Waals surface area contributed by atoms with Gasteiger partial charge in [0.05, 0.1) is 17.3 Å². The minimum Gasteiger partial charge on any atom is -0.333 e. The van der Waals surface area contributed by atoms with E-state index in [2.05, 4.69) is 21.3 Å². The number of carbonyl (C=O) groups excluding carboxylic acids is 2. The molecule has 0 radical (unpaired) electrons. The Morgan fingerprint density at radius 2 is 1.93 bits per heavy atom. The van der Waals surface area contributed by atoms with Crippen molar-refractivity contribution in [1.82, 2.24) is 19.4 Å². The van der Waals surface area contributed by atoms with Gasteiger partial charge < -0.3 is 19.7 Å². The van der Waals surface area contributed by atoms with E-state index in [1.54, 1.807) is 24.3 Å². The van der Waals surface area contributed by atoms with Crippen LogP contribution in [0.4, 0.5) is 5.69 Å². The molecule has 2 aliphatic heterocycles. The lowest BCUT2D eigenvalue weighted by Gasteiger charge is -2.32. The lowest BCUT2D eigenvalue weighted by atomic mass is 10.1. The summed E-state index contributed by atoms with van der Waals surface area (Å²) in [5.41, 5.74) is 2.14. The molecule has 0 spiro atoms. The molecule has 150 valence electrons. The lowest BCUT2D eigenvalue weighted by molar-refractivity contribution is 0.0645. The summed E-state index contributed by atoms with van der Waals surface area (Å²) in [7, 11) is 2.04. The third-order valence-corrected chi connectivity index (χ3v) is 5.56. The molecule has 29 heavy (non-hydrogen) atoms. The third-order valence-electron chi connectivity index (χ3n) is 5.56. The summed E-state index contributed by atoms with van der Waals surface area (Å²) in [5, 5.41) is 11.9. The average Bonchev–Trinajstić information content (AvgIpc) is 3.14. The molecule has 0 saturated carbocycles. The number of piperazine rings is 1. The van der Waals surface area contributed by atoms with Crippen LogP contribution in [0.3, 0.4) is 0 Å². The number of hydrogen-bond acceptors (Lipinski definition) is 5. The van der Waals surface area contributed by atoms with Gasteiger partial charge in [0.25, 0.3) is 11.8 Å². The minimum absolute atomic E-state index is 0.105. The number of carbonyl (C=O) groups is 2. The van der Waals surface area contributed by atoms with Gasteiger partial charge >= 0.3 is 0 Å². The molecule has 3 heterocycles. The molecule has 0 aliphatic carbocycles. The topological polar surface area (TPSA) is 94.3 Å². The molecule has 1 aromatic heterocycles. The smallest absolute Gasteiger partial charge is 0.289 e. The van der Waals surface area contributed by atoms with Gasteiger partial charge in [0.15, 0.2) is 11.5 Å². The Balaban J connectivity index is 1.61. The predicted octanol–water partition coefficient (Wildman–Crippen LogP) is 1.73. The van der Waals surface area contributed by atoms with E-state index < -0.39 is 0 Å². The van der Waals surface area contributed by atoms with Gasteiger partial charge in [0.2, 0.25) is 0 Å². The van der Waals surface area contributed by atoms with Crippen LogP contribution in [-0.4, -0.2) is 64.4 Å². The highest BCUT2D eigenvalue weighted by molar-refractivity contribution is 6.05. The molecule has 8 heteroatoms. The summed E-state index contributed by atoms with van der Waals surface area (Å²) in [4.78, 5) is 34.6. The van der Waals surface area contributed by atoms with Crippen LogP contribution >= 0.6 is 0 Å². The highest BCUT2D eigenvalue weighted by Crippen LogP contribution is 2.23. The molecule has 0 atom stereocenters. The maximum atomic E-state index is 13.1. The Kier molecular flexibility index (Phi) is 5.32. The molecule has 2 aromatic rings. The monoisotopic (exact) mass is 392 g/mol. The van der Waals surface area contributed by atoms with E-state index >= 15 is 0 Å². The molecule has 4 rings (SSSR count). The molecule has 1 fully saturated rings. The summed E-state index contributed by atoms with van der Waals surface area (Å²) in [6.07, 6.45) is 2.67. The molecule has 2 aliphatic rings. The number of nitrogens with zero attached hydrogens (tertiary/aromatic N) is 5. The molecule has 2 amide bonds. The third kappa shape index (κ3) is 3.87. The number of fused-ring (bicyclic) bond motifs is 1. The molecule has 1 saturated heterocycles. The van der Waals surface area contributed by atoms with Crippen molar-refractivity contribution in [3.05, 3.63) is 47.0 Å². The van der Waals surface area contributed by atoms with Crippen LogP contribution in [0.2, 0.25) is 0 Å². The molecule has 0 bridgehead atoms. The predicted molar refractivity (Wildman–Crippen MR) is 108 cm³/mol. The second kappa shape index (κ2) is 8.05. The first kappa shape index (κ1) is 19.2. The van der Waals surface area contributed by atoms with Crippen molar-refractivity contribution in [2.24, 2.45) is 0 Å². The van der Waals surface area contributed by atoms with Gasteiger partial charge in [-0.3, -0.25) is 9.59 Å². The second-order valence-corrected chi connectivity index (χ2v) is 7.58. The van der Waals surface area contributed by atoms with Crippen LogP contribution in [0.5, 0.6) is 0 Å². The minimum atomic E-state index is -0.344. The molecule has 8 nitrogen and oxygen atoms in total. The maximum absolute atomic E-state index is 13.1. The van der Waals surface area contributed by atoms with Crippen molar-refractivity contribution in [2.75, 3.05) is 38.5 Å². The Labute approximate surface area is 169 Å². The Morgan fingerprint density at radius 3 is 2.69 bits per heavy atom. The number of benzene rings is 1. The zero-order chi connectivity index (χ0) is 20.4. The van der Waals surface area contributed by atoms with Crippen LogP contribution < -0.4 is 5.32 Å². The molecule has 0 unspecified atom stereocenters. The quantitative estimate of drug-likeness (QED) is 0.859. The molecular formula is C21H24N6O2. The van der Waals surface area contributed by atoms with Gasteiger partial charge in [-0.25, -0.2) is 4.98 Å². The van der Waals surface area contributed by atoms with Gasteiger partial charge in [0, 0.05) is 38.4 Å². The molecular weight excluding hydrogens is 368 g/mol. The Hall–Kier alpha value is -3.18. The van der Waals surface area contributed by atoms with Crippen molar-refractivity contribution in [1.29, 1.82) is 5.26 Å². The summed E-state index contributed by atoms with van der Waals surface area (Å²) in [6.45, 7) is 3.71. The van der Waals surface area contributed by atoms with E-state index in [1.807, 2.05) is 16.5 Å². The normalized spacial score (nSPS) is 16.8. The SMILES string of the molecule is CN1CCN(C(=O)c2nc(C(=O)Nc3cccc(C#N)c3)c3n2CCCC3)CC1. The van der Waals surface area contributed by atoms with E-state index in [1.165, 1.54) is 0 Å². The van der Waals surface area contributed by atoms with E-state index in [0.717, 1.165) is 38.0 Å². The second-order valence-electron chi connectivity index (χ2n) is 7.58. The summed E-state index contributed by atoms with van der Waals surface area (Å²) < 4.78 is 1.92. The molecule has 1 aromatic carbocycles. The highest BCUT2D eigenvalue weighted by Gasteiger charge is 2.30. The van der Waals surface area contributed by atoms with Gasteiger partial charge in [-0.2, -0.15) is 5.26 Å². The molecule has 1 N–H and O–H groups in total. The summed E-state index contributed by atoms with van der Waals surface area (Å²) >= 11 is 0. The first-order chi connectivity index (χ1) is 14.1. The number of hydrogen-bond donors (Lipinski definition) is 1. The Morgan fingerprint density at radius 1 is 1.14 bits per heavy atom. The zero-order valence-electron chi connectivity index (χ0n) is 16.5. The largest absolute Gasteiger partial charge is 0.333 e. The van der Waals surface area contributed by atoms with Crippen molar-refractivity contribution in [3.63, 3.8) is 0 Å². The number of amides is 2. The number of likely N-dealkylation sites (N-methyl/N-ethyl adjacent to an activating group) is 1. The first-order valence-corrected chi connectivity index (χ1v) is 9.95. The van der Waals surface area contributed by atoms with Gasteiger partial charge in [-0.15, -0.1) is 0 Å². The van der Waals surface area contributed by atoms with Crippen molar-refractivity contribution < 1.29 is 9.59 Å². The van der Waals surface area contributed by atoms with Crippen molar-refractivity contribution in [3.8, 4) is 6.07 Å². The maximum Gasteiger partial charge on any atom is 0.289 e. The first-order valence-electron chi connectivity index (χ1n) is 9.95. The van der Waals surface area contributed by atoms with Crippen molar-refractivity contribution >= 4 is 17.5 Å². The number of rotatable bonds is 3. The van der Waals surface area contributed by atoms with Gasteiger partial charge in [-0.1, -0.05) is 6.07 Å². The average molecular weight is 392 g/mol. The Bertz CT molecular complexity index is 982. The van der Waals surface area contributed by atoms with Gasteiger partial charge in [-0.05, 0) is 44.5 Å². The fourth-order valence-electron chi connectivity index (χ4n) is 3.90.